The van der Waals surface area contributed by atoms with Gasteiger partial charge in [0.15, 0.2) is 0 Å². The van der Waals surface area contributed by atoms with Gasteiger partial charge in [0.1, 0.15) is 0 Å². The van der Waals surface area contributed by atoms with E-state index in [1.54, 1.807) is 12.1 Å². The molecule has 1 aliphatic heterocycles. The third kappa shape index (κ3) is 4.59. The predicted octanol–water partition coefficient (Wildman–Crippen LogP) is 2.31. The maximum absolute atomic E-state index is 12.5. The average Bonchev–Trinajstić information content (AvgIpc) is 2.97. The number of anilines is 1. The number of halogens is 1. The third-order valence-electron chi connectivity index (χ3n) is 4.31. The van der Waals surface area contributed by atoms with E-state index in [4.69, 9.17) is 5.73 Å². The summed E-state index contributed by atoms with van der Waals surface area (Å²) in [7, 11) is 0. The second-order valence-corrected chi connectivity index (χ2v) is 5.77. The molecule has 1 heterocycles. The summed E-state index contributed by atoms with van der Waals surface area (Å²) in [5.41, 5.74) is 6.26. The molecule has 0 aliphatic carbocycles. The Balaban J connectivity index is 0.00000264. The van der Waals surface area contributed by atoms with Crippen molar-refractivity contribution < 1.29 is 9.59 Å². The molecule has 2 atom stereocenters. The van der Waals surface area contributed by atoms with Gasteiger partial charge < -0.3 is 21.7 Å². The molecule has 3 amide bonds. The van der Waals surface area contributed by atoms with Gasteiger partial charge in [0, 0.05) is 5.69 Å². The van der Waals surface area contributed by atoms with Crippen LogP contribution in [0.2, 0.25) is 0 Å². The number of amides is 3. The Morgan fingerprint density at radius 2 is 2.00 bits per heavy atom. The standard InChI is InChI=1S/C16H24N4O2.ClH/c1-3-16(9-4-10-18-16)14(21)19-11(2)12-5-7-13(8-6-12)20-15(17)22;/h5-8,11,18H,3-4,9-10H2,1-2H3,(H,19,21)(H3,17,20,22);1H. The first-order valence-electron chi connectivity index (χ1n) is 7.69. The topological polar surface area (TPSA) is 96.2 Å². The Morgan fingerprint density at radius 1 is 1.35 bits per heavy atom. The fourth-order valence-electron chi connectivity index (χ4n) is 2.88. The Bertz CT molecular complexity index is 542. The van der Waals surface area contributed by atoms with Crippen molar-refractivity contribution >= 4 is 30.0 Å². The molecular formula is C16H25ClN4O2. The Kier molecular flexibility index (Phi) is 6.84. The number of nitrogens with two attached hydrogens (primary N) is 1. The lowest BCUT2D eigenvalue weighted by Gasteiger charge is -2.28. The van der Waals surface area contributed by atoms with E-state index in [2.05, 4.69) is 16.0 Å². The van der Waals surface area contributed by atoms with Gasteiger partial charge in [0.05, 0.1) is 11.6 Å². The van der Waals surface area contributed by atoms with Crippen molar-refractivity contribution in [3.8, 4) is 0 Å². The summed E-state index contributed by atoms with van der Waals surface area (Å²) >= 11 is 0. The molecule has 1 saturated heterocycles. The van der Waals surface area contributed by atoms with Crippen LogP contribution in [0.3, 0.4) is 0 Å². The van der Waals surface area contributed by atoms with Gasteiger partial charge >= 0.3 is 6.03 Å². The van der Waals surface area contributed by atoms with E-state index in [1.165, 1.54) is 0 Å². The maximum atomic E-state index is 12.5. The molecule has 1 fully saturated rings. The maximum Gasteiger partial charge on any atom is 0.316 e. The molecule has 2 unspecified atom stereocenters. The van der Waals surface area contributed by atoms with E-state index in [0.29, 0.717) is 5.69 Å². The summed E-state index contributed by atoms with van der Waals surface area (Å²) in [5.74, 6) is 0.0549. The molecule has 0 spiro atoms. The monoisotopic (exact) mass is 340 g/mol. The van der Waals surface area contributed by atoms with Crippen LogP contribution >= 0.6 is 12.4 Å². The summed E-state index contributed by atoms with van der Waals surface area (Å²) in [4.78, 5) is 23.3. The molecule has 23 heavy (non-hydrogen) atoms. The highest BCUT2D eigenvalue weighted by atomic mass is 35.5. The summed E-state index contributed by atoms with van der Waals surface area (Å²) in [6.45, 7) is 4.88. The molecular weight excluding hydrogens is 316 g/mol. The average molecular weight is 341 g/mol. The van der Waals surface area contributed by atoms with Gasteiger partial charge in [-0.25, -0.2) is 4.79 Å². The van der Waals surface area contributed by atoms with E-state index in [9.17, 15) is 9.59 Å². The summed E-state index contributed by atoms with van der Waals surface area (Å²) < 4.78 is 0. The van der Waals surface area contributed by atoms with Crippen LogP contribution < -0.4 is 21.7 Å². The highest BCUT2D eigenvalue weighted by Gasteiger charge is 2.39. The van der Waals surface area contributed by atoms with Crippen molar-refractivity contribution in [3.63, 3.8) is 0 Å². The van der Waals surface area contributed by atoms with Crippen molar-refractivity contribution in [2.45, 2.75) is 44.7 Å². The first kappa shape index (κ1) is 19.3. The molecule has 0 radical (unpaired) electrons. The number of nitrogens with one attached hydrogen (secondary N) is 3. The smallest absolute Gasteiger partial charge is 0.316 e. The van der Waals surface area contributed by atoms with E-state index in [-0.39, 0.29) is 24.4 Å². The van der Waals surface area contributed by atoms with Crippen LogP contribution in [0.4, 0.5) is 10.5 Å². The molecule has 1 aromatic carbocycles. The van der Waals surface area contributed by atoms with Crippen molar-refractivity contribution in [1.29, 1.82) is 0 Å². The zero-order valence-corrected chi connectivity index (χ0v) is 14.3. The molecule has 128 valence electrons. The summed E-state index contributed by atoms with van der Waals surface area (Å²) in [6, 6.07) is 6.60. The fraction of sp³-hybridized carbons (Fsp3) is 0.500. The molecule has 0 saturated carbocycles. The second kappa shape index (κ2) is 8.17. The quantitative estimate of drug-likeness (QED) is 0.662. The van der Waals surface area contributed by atoms with Gasteiger partial charge in [-0.2, -0.15) is 0 Å². The largest absolute Gasteiger partial charge is 0.351 e. The van der Waals surface area contributed by atoms with E-state index in [0.717, 1.165) is 31.4 Å². The predicted molar refractivity (Wildman–Crippen MR) is 93.7 cm³/mol. The lowest BCUT2D eigenvalue weighted by atomic mass is 9.92. The van der Waals surface area contributed by atoms with Crippen LogP contribution in [0.1, 0.15) is 44.7 Å². The molecule has 1 aromatic rings. The first-order chi connectivity index (χ1) is 10.5. The van der Waals surface area contributed by atoms with Gasteiger partial charge in [-0.3, -0.25) is 4.79 Å². The van der Waals surface area contributed by atoms with Crippen molar-refractivity contribution in [3.05, 3.63) is 29.8 Å². The summed E-state index contributed by atoms with van der Waals surface area (Å²) in [5, 5.41) is 8.92. The molecule has 6 nitrogen and oxygen atoms in total. The minimum absolute atomic E-state index is 0. The lowest BCUT2D eigenvalue weighted by Crippen LogP contribution is -2.53. The Labute approximate surface area is 143 Å². The van der Waals surface area contributed by atoms with Crippen molar-refractivity contribution in [2.24, 2.45) is 5.73 Å². The number of benzene rings is 1. The minimum atomic E-state index is -0.591. The van der Waals surface area contributed by atoms with Gasteiger partial charge in [0.2, 0.25) is 5.91 Å². The highest BCUT2D eigenvalue weighted by Crippen LogP contribution is 2.25. The molecule has 1 aliphatic rings. The van der Waals surface area contributed by atoms with Crippen LogP contribution in [0, 0.1) is 0 Å². The van der Waals surface area contributed by atoms with Crippen LogP contribution in [-0.4, -0.2) is 24.0 Å². The number of carbonyl (C=O) groups excluding carboxylic acids is 2. The molecule has 0 aromatic heterocycles. The lowest BCUT2D eigenvalue weighted by molar-refractivity contribution is -0.128. The number of primary amides is 1. The first-order valence-corrected chi connectivity index (χ1v) is 7.69. The normalized spacial score (nSPS) is 21.1. The number of rotatable bonds is 5. The van der Waals surface area contributed by atoms with Crippen molar-refractivity contribution in [1.82, 2.24) is 10.6 Å². The number of carbonyl (C=O) groups is 2. The van der Waals surface area contributed by atoms with Crippen LogP contribution in [-0.2, 0) is 4.79 Å². The van der Waals surface area contributed by atoms with Gasteiger partial charge in [-0.05, 0) is 50.4 Å². The number of hydrogen-bond donors (Lipinski definition) is 4. The van der Waals surface area contributed by atoms with Crippen LogP contribution in [0.15, 0.2) is 24.3 Å². The van der Waals surface area contributed by atoms with Gasteiger partial charge in [-0.15, -0.1) is 12.4 Å². The van der Waals surface area contributed by atoms with E-state index >= 15 is 0 Å². The molecule has 2 rings (SSSR count). The second-order valence-electron chi connectivity index (χ2n) is 5.77. The van der Waals surface area contributed by atoms with Gasteiger partial charge in [0.25, 0.3) is 0 Å². The number of urea groups is 1. The molecule has 7 heteroatoms. The number of hydrogen-bond acceptors (Lipinski definition) is 3. The molecule has 0 bridgehead atoms. The minimum Gasteiger partial charge on any atom is -0.351 e. The highest BCUT2D eigenvalue weighted by molar-refractivity contribution is 5.88. The Morgan fingerprint density at radius 3 is 2.48 bits per heavy atom. The van der Waals surface area contributed by atoms with E-state index in [1.807, 2.05) is 26.0 Å². The summed E-state index contributed by atoms with van der Waals surface area (Å²) in [6.07, 6.45) is 2.69. The SMILES string of the molecule is CCC1(C(=O)NC(C)c2ccc(NC(N)=O)cc2)CCCN1.Cl. The van der Waals surface area contributed by atoms with Gasteiger partial charge in [-0.1, -0.05) is 19.1 Å². The zero-order valence-electron chi connectivity index (χ0n) is 13.5. The molecule has 5 N–H and O–H groups in total. The Hall–Kier alpha value is -1.79. The van der Waals surface area contributed by atoms with Crippen molar-refractivity contribution in [2.75, 3.05) is 11.9 Å². The fourth-order valence-corrected chi connectivity index (χ4v) is 2.88. The van der Waals surface area contributed by atoms with E-state index < -0.39 is 11.6 Å². The van der Waals surface area contributed by atoms with Crippen LogP contribution in [0.5, 0.6) is 0 Å². The zero-order chi connectivity index (χ0) is 16.2. The third-order valence-corrected chi connectivity index (χ3v) is 4.31. The van der Waals surface area contributed by atoms with Crippen LogP contribution in [0.25, 0.3) is 0 Å².